The Bertz CT molecular complexity index is 582. The summed E-state index contributed by atoms with van der Waals surface area (Å²) >= 11 is 3.29. The Balaban J connectivity index is 2.21. The van der Waals surface area contributed by atoms with Crippen LogP contribution >= 0.6 is 15.9 Å². The molecule has 5 heteroatoms. The number of nitrogens with one attached hydrogen (secondary N) is 1. The number of anilines is 2. The molecule has 0 aliphatic rings. The summed E-state index contributed by atoms with van der Waals surface area (Å²) in [5.41, 5.74) is 7.15. The van der Waals surface area contributed by atoms with Crippen LogP contribution in [-0.2, 0) is 0 Å². The molecular formula is C13H11BrN2O2. The van der Waals surface area contributed by atoms with Gasteiger partial charge in [-0.2, -0.15) is 0 Å². The van der Waals surface area contributed by atoms with E-state index in [2.05, 4.69) is 21.2 Å². The number of hydrogen-bond donors (Lipinski definition) is 3. The minimum Gasteiger partial charge on any atom is -0.508 e. The number of phenols is 1. The molecule has 2 rings (SSSR count). The van der Waals surface area contributed by atoms with Gasteiger partial charge in [0.05, 0.1) is 5.56 Å². The van der Waals surface area contributed by atoms with E-state index in [0.717, 1.165) is 4.47 Å². The van der Waals surface area contributed by atoms with E-state index in [0.29, 0.717) is 16.9 Å². The summed E-state index contributed by atoms with van der Waals surface area (Å²) in [4.78, 5) is 12.0. The van der Waals surface area contributed by atoms with Crippen molar-refractivity contribution in [3.63, 3.8) is 0 Å². The fourth-order valence-electron chi connectivity index (χ4n) is 1.47. The number of benzene rings is 2. The van der Waals surface area contributed by atoms with E-state index in [1.807, 2.05) is 0 Å². The molecule has 0 unspecified atom stereocenters. The number of halogens is 1. The Morgan fingerprint density at radius 1 is 1.17 bits per heavy atom. The van der Waals surface area contributed by atoms with Crippen LogP contribution in [-0.4, -0.2) is 11.0 Å². The average Bonchev–Trinajstić information content (AvgIpc) is 2.35. The summed E-state index contributed by atoms with van der Waals surface area (Å²) < 4.78 is 0.785. The second-order valence-electron chi connectivity index (χ2n) is 3.73. The Labute approximate surface area is 113 Å². The fraction of sp³-hybridized carbons (Fsp3) is 0. The van der Waals surface area contributed by atoms with Crippen molar-refractivity contribution < 1.29 is 9.90 Å². The van der Waals surface area contributed by atoms with Crippen LogP contribution in [0.1, 0.15) is 10.4 Å². The van der Waals surface area contributed by atoms with Crippen molar-refractivity contribution in [2.24, 2.45) is 0 Å². The van der Waals surface area contributed by atoms with Gasteiger partial charge in [0.2, 0.25) is 0 Å². The van der Waals surface area contributed by atoms with Gasteiger partial charge in [0.15, 0.2) is 0 Å². The highest BCUT2D eigenvalue weighted by atomic mass is 79.9. The molecule has 0 saturated heterocycles. The fourth-order valence-corrected chi connectivity index (χ4v) is 1.83. The number of phenolic OH excluding ortho intramolecular Hbond substituents is 1. The second kappa shape index (κ2) is 5.10. The third-order valence-electron chi connectivity index (χ3n) is 2.39. The highest BCUT2D eigenvalue weighted by Gasteiger charge is 2.10. The Kier molecular flexibility index (Phi) is 3.53. The first-order valence-corrected chi connectivity index (χ1v) is 6.01. The summed E-state index contributed by atoms with van der Waals surface area (Å²) in [5.74, 6) is -0.144. The van der Waals surface area contributed by atoms with Crippen molar-refractivity contribution in [2.45, 2.75) is 0 Å². The normalized spacial score (nSPS) is 10.1. The minimum absolute atomic E-state index is 0.148. The maximum atomic E-state index is 12.0. The van der Waals surface area contributed by atoms with Crippen LogP contribution in [0.25, 0.3) is 0 Å². The topological polar surface area (TPSA) is 75.4 Å². The van der Waals surface area contributed by atoms with Crippen molar-refractivity contribution in [2.75, 3.05) is 11.1 Å². The Morgan fingerprint density at radius 3 is 2.50 bits per heavy atom. The Morgan fingerprint density at radius 2 is 1.83 bits per heavy atom. The van der Waals surface area contributed by atoms with Crippen molar-refractivity contribution in [3.05, 3.63) is 52.5 Å². The minimum atomic E-state index is -0.292. The summed E-state index contributed by atoms with van der Waals surface area (Å²) in [6.07, 6.45) is 0. The molecule has 0 saturated carbocycles. The van der Waals surface area contributed by atoms with Gasteiger partial charge in [-0.05, 0) is 42.5 Å². The molecule has 0 bridgehead atoms. The van der Waals surface area contributed by atoms with Crippen LogP contribution in [0.2, 0.25) is 0 Å². The van der Waals surface area contributed by atoms with Crippen LogP contribution in [0.4, 0.5) is 11.4 Å². The predicted molar refractivity (Wildman–Crippen MR) is 74.6 cm³/mol. The number of aromatic hydroxyl groups is 1. The molecule has 18 heavy (non-hydrogen) atoms. The lowest BCUT2D eigenvalue weighted by atomic mass is 10.1. The molecule has 0 radical (unpaired) electrons. The van der Waals surface area contributed by atoms with Crippen LogP contribution in [0.3, 0.4) is 0 Å². The molecule has 0 atom stereocenters. The highest BCUT2D eigenvalue weighted by molar-refractivity contribution is 9.10. The maximum Gasteiger partial charge on any atom is 0.257 e. The molecule has 0 spiro atoms. The first-order chi connectivity index (χ1) is 8.56. The first kappa shape index (κ1) is 12.4. The van der Waals surface area contributed by atoms with Gasteiger partial charge in [-0.15, -0.1) is 0 Å². The largest absolute Gasteiger partial charge is 0.508 e. The molecule has 2 aromatic carbocycles. The lowest BCUT2D eigenvalue weighted by Crippen LogP contribution is -2.13. The SMILES string of the molecule is Nc1ccc(Br)cc1C(=O)Nc1ccc(O)cc1. The van der Waals surface area contributed by atoms with Gasteiger partial charge in [-0.25, -0.2) is 0 Å². The number of hydrogen-bond acceptors (Lipinski definition) is 3. The number of carbonyl (C=O) groups excluding carboxylic acids is 1. The van der Waals surface area contributed by atoms with Crippen molar-refractivity contribution in [3.8, 4) is 5.75 Å². The van der Waals surface area contributed by atoms with Crippen LogP contribution in [0.5, 0.6) is 5.75 Å². The first-order valence-electron chi connectivity index (χ1n) is 5.21. The lowest BCUT2D eigenvalue weighted by molar-refractivity contribution is 0.102. The summed E-state index contributed by atoms with van der Waals surface area (Å²) in [5, 5.41) is 11.9. The van der Waals surface area contributed by atoms with Gasteiger partial charge < -0.3 is 16.2 Å². The van der Waals surface area contributed by atoms with Gasteiger partial charge in [-0.3, -0.25) is 4.79 Å². The molecule has 2 aromatic rings. The zero-order valence-corrected chi connectivity index (χ0v) is 10.9. The van der Waals surface area contributed by atoms with Crippen LogP contribution in [0.15, 0.2) is 46.9 Å². The summed E-state index contributed by atoms with van der Waals surface area (Å²) in [6, 6.07) is 11.3. The number of amides is 1. The molecule has 0 aliphatic heterocycles. The number of nitrogen functional groups attached to an aromatic ring is 1. The lowest BCUT2D eigenvalue weighted by Gasteiger charge is -2.08. The summed E-state index contributed by atoms with van der Waals surface area (Å²) in [6.45, 7) is 0. The predicted octanol–water partition coefficient (Wildman–Crippen LogP) is 2.99. The van der Waals surface area contributed by atoms with Gasteiger partial charge in [0.25, 0.3) is 5.91 Å². The molecule has 0 fully saturated rings. The highest BCUT2D eigenvalue weighted by Crippen LogP contribution is 2.20. The van der Waals surface area contributed by atoms with Crippen molar-refractivity contribution in [1.29, 1.82) is 0 Å². The number of carbonyl (C=O) groups is 1. The van der Waals surface area contributed by atoms with E-state index in [1.54, 1.807) is 30.3 Å². The second-order valence-corrected chi connectivity index (χ2v) is 4.65. The van der Waals surface area contributed by atoms with Gasteiger partial charge in [0, 0.05) is 15.8 Å². The van der Waals surface area contributed by atoms with Crippen LogP contribution in [0, 0.1) is 0 Å². The van der Waals surface area contributed by atoms with E-state index >= 15 is 0 Å². The van der Waals surface area contributed by atoms with E-state index in [4.69, 9.17) is 10.8 Å². The monoisotopic (exact) mass is 306 g/mol. The van der Waals surface area contributed by atoms with Crippen LogP contribution < -0.4 is 11.1 Å². The maximum absolute atomic E-state index is 12.0. The van der Waals surface area contributed by atoms with Gasteiger partial charge in [0.1, 0.15) is 5.75 Å². The molecule has 0 aliphatic carbocycles. The molecule has 0 heterocycles. The standard InChI is InChI=1S/C13H11BrN2O2/c14-8-1-6-12(15)11(7-8)13(18)16-9-2-4-10(17)5-3-9/h1-7,17H,15H2,(H,16,18). The van der Waals surface area contributed by atoms with Gasteiger partial charge >= 0.3 is 0 Å². The average molecular weight is 307 g/mol. The molecule has 4 nitrogen and oxygen atoms in total. The van der Waals surface area contributed by atoms with E-state index in [-0.39, 0.29) is 11.7 Å². The smallest absolute Gasteiger partial charge is 0.257 e. The third-order valence-corrected chi connectivity index (χ3v) is 2.88. The molecule has 1 amide bonds. The van der Waals surface area contributed by atoms with Gasteiger partial charge in [-0.1, -0.05) is 15.9 Å². The molecule has 4 N–H and O–H groups in total. The van der Waals surface area contributed by atoms with Crippen molar-refractivity contribution in [1.82, 2.24) is 0 Å². The van der Waals surface area contributed by atoms with E-state index in [9.17, 15) is 4.79 Å². The third kappa shape index (κ3) is 2.81. The number of rotatable bonds is 2. The van der Waals surface area contributed by atoms with E-state index < -0.39 is 0 Å². The number of nitrogens with two attached hydrogens (primary N) is 1. The summed E-state index contributed by atoms with van der Waals surface area (Å²) in [7, 11) is 0. The molecule has 92 valence electrons. The zero-order valence-electron chi connectivity index (χ0n) is 9.35. The molecular weight excluding hydrogens is 296 g/mol. The zero-order chi connectivity index (χ0) is 13.1. The van der Waals surface area contributed by atoms with Crippen molar-refractivity contribution >= 4 is 33.2 Å². The van der Waals surface area contributed by atoms with E-state index in [1.165, 1.54) is 12.1 Å². The Hall–Kier alpha value is -2.01. The quantitative estimate of drug-likeness (QED) is 0.590. The molecule has 0 aromatic heterocycles.